The Bertz CT molecular complexity index is 4020. The molecule has 0 fully saturated rings. The standard InChI is InChI=1S/C64H42N2O2/c1-3-15-53-47(11-1)13-9-19-59(53)65(51-37-39-57-55-17-5-7-21-61(55)67-63(57)41-51)49-33-27-44(28-34-49)24-23-43-25-29-45(30-26-43)46-31-35-50(36-32-46)66(60-20-10-14-48-12-2-4-16-54(48)60)52-38-40-58-56-18-6-8-22-62(56)68-64(58)42-52/h1-42H/b24-23+. The second kappa shape index (κ2) is 16.4. The molecule has 11 aromatic carbocycles. The number of furan rings is 2. The van der Waals surface area contributed by atoms with Gasteiger partial charge in [0.05, 0.1) is 11.4 Å². The van der Waals surface area contributed by atoms with Crippen LogP contribution in [0.3, 0.4) is 0 Å². The Morgan fingerprint density at radius 1 is 0.265 bits per heavy atom. The molecule has 320 valence electrons. The van der Waals surface area contributed by atoms with Gasteiger partial charge >= 0.3 is 0 Å². The van der Waals surface area contributed by atoms with E-state index in [1.807, 2.05) is 24.3 Å². The molecule has 0 N–H and O–H groups in total. The van der Waals surface area contributed by atoms with E-state index in [-0.39, 0.29) is 0 Å². The van der Waals surface area contributed by atoms with Crippen LogP contribution in [0.15, 0.2) is 251 Å². The van der Waals surface area contributed by atoms with Crippen LogP contribution in [0.4, 0.5) is 34.1 Å². The van der Waals surface area contributed by atoms with E-state index in [1.165, 1.54) is 21.5 Å². The SMILES string of the molecule is C(=C\c1ccc(N(c2ccc3c(c2)oc2ccccc23)c2cccc3ccccc23)cc1)/c1ccc(-c2ccc(N(c3ccc4c(c3)oc3ccccc34)c3cccc4ccccc34)cc2)cc1. The summed E-state index contributed by atoms with van der Waals surface area (Å²) in [7, 11) is 0. The lowest BCUT2D eigenvalue weighted by Gasteiger charge is -2.27. The summed E-state index contributed by atoms with van der Waals surface area (Å²) in [6, 6.07) is 86.2. The number of anilines is 6. The van der Waals surface area contributed by atoms with Gasteiger partial charge in [-0.3, -0.25) is 0 Å². The van der Waals surface area contributed by atoms with Gasteiger partial charge in [-0.05, 0) is 106 Å². The summed E-state index contributed by atoms with van der Waals surface area (Å²) in [5, 5.41) is 9.23. The molecule has 0 saturated heterocycles. The van der Waals surface area contributed by atoms with Crippen LogP contribution in [0.25, 0.3) is 88.7 Å². The summed E-state index contributed by atoms with van der Waals surface area (Å²) in [5.74, 6) is 0. The minimum absolute atomic E-state index is 0.869. The molecule has 13 aromatic rings. The Morgan fingerprint density at radius 3 is 1.10 bits per heavy atom. The van der Waals surface area contributed by atoms with Gasteiger partial charge in [-0.25, -0.2) is 0 Å². The fourth-order valence-electron chi connectivity index (χ4n) is 9.89. The minimum Gasteiger partial charge on any atom is -0.456 e. The van der Waals surface area contributed by atoms with E-state index in [0.717, 1.165) is 100 Å². The minimum atomic E-state index is 0.869. The van der Waals surface area contributed by atoms with E-state index < -0.39 is 0 Å². The third-order valence-electron chi connectivity index (χ3n) is 13.2. The summed E-state index contributed by atoms with van der Waals surface area (Å²) < 4.78 is 12.7. The molecule has 13 rings (SSSR count). The Labute approximate surface area is 393 Å². The van der Waals surface area contributed by atoms with Gasteiger partial charge < -0.3 is 18.6 Å². The highest BCUT2D eigenvalue weighted by Crippen LogP contribution is 2.43. The molecule has 0 atom stereocenters. The average molecular weight is 871 g/mol. The first-order valence-corrected chi connectivity index (χ1v) is 23.1. The fraction of sp³-hybridized carbons (Fsp3) is 0. The van der Waals surface area contributed by atoms with Gasteiger partial charge in [0.2, 0.25) is 0 Å². The molecule has 4 nitrogen and oxygen atoms in total. The van der Waals surface area contributed by atoms with E-state index >= 15 is 0 Å². The zero-order chi connectivity index (χ0) is 45.0. The second-order valence-electron chi connectivity index (χ2n) is 17.3. The first kappa shape index (κ1) is 39.3. The summed E-state index contributed by atoms with van der Waals surface area (Å²) in [4.78, 5) is 4.66. The molecule has 0 aliphatic carbocycles. The number of hydrogen-bond acceptors (Lipinski definition) is 4. The quantitative estimate of drug-likeness (QED) is 0.135. The predicted octanol–water partition coefficient (Wildman–Crippen LogP) is 18.6. The average Bonchev–Trinajstić information content (AvgIpc) is 3.97. The Kier molecular flexibility index (Phi) is 9.47. The number of rotatable bonds is 9. The lowest BCUT2D eigenvalue weighted by molar-refractivity contribution is 0.668. The van der Waals surface area contributed by atoms with Crippen LogP contribution >= 0.6 is 0 Å². The van der Waals surface area contributed by atoms with Crippen molar-refractivity contribution in [1.29, 1.82) is 0 Å². The highest BCUT2D eigenvalue weighted by Gasteiger charge is 2.19. The molecule has 0 saturated carbocycles. The van der Waals surface area contributed by atoms with Gasteiger partial charge in [0.25, 0.3) is 0 Å². The first-order valence-electron chi connectivity index (χ1n) is 23.1. The largest absolute Gasteiger partial charge is 0.456 e. The molecule has 0 unspecified atom stereocenters. The van der Waals surface area contributed by atoms with E-state index in [0.29, 0.717) is 0 Å². The first-order chi connectivity index (χ1) is 33.7. The summed E-state index contributed by atoms with van der Waals surface area (Å²) in [5.41, 5.74) is 14.5. The molecule has 2 aromatic heterocycles. The van der Waals surface area contributed by atoms with Crippen LogP contribution < -0.4 is 9.80 Å². The molecular formula is C64H42N2O2. The smallest absolute Gasteiger partial charge is 0.137 e. The zero-order valence-electron chi connectivity index (χ0n) is 37.0. The molecule has 4 heteroatoms. The molecule has 0 radical (unpaired) electrons. The maximum absolute atomic E-state index is 6.37. The zero-order valence-corrected chi connectivity index (χ0v) is 37.0. The van der Waals surface area contributed by atoms with Gasteiger partial charge in [-0.1, -0.05) is 170 Å². The van der Waals surface area contributed by atoms with Crippen molar-refractivity contribution in [3.05, 3.63) is 254 Å². The molecule has 0 aliphatic heterocycles. The maximum Gasteiger partial charge on any atom is 0.137 e. The van der Waals surface area contributed by atoms with Crippen molar-refractivity contribution in [3.63, 3.8) is 0 Å². The van der Waals surface area contributed by atoms with E-state index in [4.69, 9.17) is 8.83 Å². The normalized spacial score (nSPS) is 11.8. The van der Waals surface area contributed by atoms with Crippen LogP contribution in [0, 0.1) is 0 Å². The van der Waals surface area contributed by atoms with Crippen molar-refractivity contribution in [2.45, 2.75) is 0 Å². The number of nitrogens with zero attached hydrogens (tertiary/aromatic N) is 2. The van der Waals surface area contributed by atoms with Crippen molar-refractivity contribution >= 4 is 112 Å². The lowest BCUT2D eigenvalue weighted by atomic mass is 10.0. The second-order valence-corrected chi connectivity index (χ2v) is 17.3. The summed E-state index contributed by atoms with van der Waals surface area (Å²) in [6.07, 6.45) is 4.36. The molecule has 0 spiro atoms. The fourth-order valence-corrected chi connectivity index (χ4v) is 9.89. The third-order valence-corrected chi connectivity index (χ3v) is 13.2. The van der Waals surface area contributed by atoms with Crippen molar-refractivity contribution < 1.29 is 8.83 Å². The Morgan fingerprint density at radius 2 is 0.618 bits per heavy atom. The van der Waals surface area contributed by atoms with Gasteiger partial charge in [0, 0.05) is 67.2 Å². The van der Waals surface area contributed by atoms with E-state index in [2.05, 4.69) is 240 Å². The maximum atomic E-state index is 6.37. The molecule has 0 bridgehead atoms. The number of para-hydroxylation sites is 2. The predicted molar refractivity (Wildman–Crippen MR) is 286 cm³/mol. The van der Waals surface area contributed by atoms with E-state index in [9.17, 15) is 0 Å². The highest BCUT2D eigenvalue weighted by atomic mass is 16.3. The van der Waals surface area contributed by atoms with Crippen LogP contribution in [0.2, 0.25) is 0 Å². The van der Waals surface area contributed by atoms with Crippen LogP contribution in [0.1, 0.15) is 11.1 Å². The Balaban J connectivity index is 0.779. The third kappa shape index (κ3) is 6.95. The molecule has 0 amide bonds. The van der Waals surface area contributed by atoms with Crippen molar-refractivity contribution in [2.75, 3.05) is 9.80 Å². The lowest BCUT2D eigenvalue weighted by Crippen LogP contribution is -2.10. The van der Waals surface area contributed by atoms with Gasteiger partial charge in [0.15, 0.2) is 0 Å². The van der Waals surface area contributed by atoms with Gasteiger partial charge in [-0.15, -0.1) is 0 Å². The van der Waals surface area contributed by atoms with Gasteiger partial charge in [-0.2, -0.15) is 0 Å². The topological polar surface area (TPSA) is 32.8 Å². The Hall–Kier alpha value is -9.12. The molecule has 2 heterocycles. The van der Waals surface area contributed by atoms with Crippen LogP contribution in [-0.4, -0.2) is 0 Å². The van der Waals surface area contributed by atoms with Crippen LogP contribution in [-0.2, 0) is 0 Å². The molecule has 68 heavy (non-hydrogen) atoms. The molecule has 0 aliphatic rings. The summed E-state index contributed by atoms with van der Waals surface area (Å²) >= 11 is 0. The van der Waals surface area contributed by atoms with Crippen LogP contribution in [0.5, 0.6) is 0 Å². The van der Waals surface area contributed by atoms with E-state index in [1.54, 1.807) is 0 Å². The molecular weight excluding hydrogens is 829 g/mol. The van der Waals surface area contributed by atoms with Crippen molar-refractivity contribution in [3.8, 4) is 11.1 Å². The summed E-state index contributed by atoms with van der Waals surface area (Å²) in [6.45, 7) is 0. The monoisotopic (exact) mass is 870 g/mol. The highest BCUT2D eigenvalue weighted by molar-refractivity contribution is 6.08. The number of benzene rings is 11. The van der Waals surface area contributed by atoms with Crippen molar-refractivity contribution in [1.82, 2.24) is 0 Å². The van der Waals surface area contributed by atoms with Crippen molar-refractivity contribution in [2.24, 2.45) is 0 Å². The number of hydrogen-bond donors (Lipinski definition) is 0. The number of fused-ring (bicyclic) bond motifs is 8. The van der Waals surface area contributed by atoms with Gasteiger partial charge in [0.1, 0.15) is 22.3 Å².